The van der Waals surface area contributed by atoms with Gasteiger partial charge in [-0.2, -0.15) is 0 Å². The second kappa shape index (κ2) is 6.64. The first-order valence-corrected chi connectivity index (χ1v) is 8.34. The fraction of sp³-hybridized carbons (Fsp3) is 0.438. The minimum absolute atomic E-state index is 0.000456. The predicted octanol–water partition coefficient (Wildman–Crippen LogP) is -0.194. The van der Waals surface area contributed by atoms with Gasteiger partial charge in [0.2, 0.25) is 5.91 Å². The summed E-state index contributed by atoms with van der Waals surface area (Å²) >= 11 is 5.26. The molecule has 0 spiro atoms. The van der Waals surface area contributed by atoms with Gasteiger partial charge in [0.15, 0.2) is 4.77 Å². The second-order valence-electron chi connectivity index (χ2n) is 5.85. The number of aromatic amines is 1. The summed E-state index contributed by atoms with van der Waals surface area (Å²) in [5, 5.41) is 0.550. The molecule has 2 heterocycles. The fourth-order valence-electron chi connectivity index (χ4n) is 3.00. The van der Waals surface area contributed by atoms with Crippen LogP contribution in [-0.4, -0.2) is 53.1 Å². The van der Waals surface area contributed by atoms with Crippen LogP contribution in [0.1, 0.15) is 6.92 Å². The Hall–Kier alpha value is -1.99. The van der Waals surface area contributed by atoms with Gasteiger partial charge in [0, 0.05) is 0 Å². The molecular weight excluding hydrogens is 312 g/mol. The maximum absolute atomic E-state index is 12.6. The summed E-state index contributed by atoms with van der Waals surface area (Å²) < 4.78 is 1.65. The van der Waals surface area contributed by atoms with Gasteiger partial charge in [-0.05, 0) is 31.3 Å². The Labute approximate surface area is 139 Å². The number of quaternary nitrogens is 1. The molecule has 0 aliphatic carbocycles. The highest BCUT2D eigenvalue weighted by Crippen LogP contribution is 2.06. The number of carbonyl (C=O) groups is 1. The van der Waals surface area contributed by atoms with E-state index in [1.807, 2.05) is 17.0 Å². The van der Waals surface area contributed by atoms with Crippen LogP contribution < -0.4 is 10.5 Å². The summed E-state index contributed by atoms with van der Waals surface area (Å²) in [6.07, 6.45) is 0. The lowest BCUT2D eigenvalue weighted by molar-refractivity contribution is -0.902. The average Bonchev–Trinajstić information content (AvgIpc) is 2.58. The van der Waals surface area contributed by atoms with Crippen molar-refractivity contribution in [3.8, 4) is 0 Å². The van der Waals surface area contributed by atoms with E-state index in [4.69, 9.17) is 12.2 Å². The van der Waals surface area contributed by atoms with Crippen molar-refractivity contribution in [3.05, 3.63) is 39.4 Å². The van der Waals surface area contributed by atoms with Gasteiger partial charge in [0.1, 0.15) is 6.54 Å². The van der Waals surface area contributed by atoms with E-state index in [2.05, 4.69) is 11.9 Å². The molecule has 2 aromatic rings. The number of nitrogens with zero attached hydrogens (tertiary/aromatic N) is 2. The number of amides is 1. The standard InChI is InChI=1S/C16H20N4O2S/c1-2-18-7-9-19(10-8-18)14(21)11-20-15(22)12-5-3-4-6-13(12)17-16(20)23/h3-6H,2,7-11H2,1H3,(H,17,23)/p+1. The maximum atomic E-state index is 12.6. The largest absolute Gasteiger partial charge is 0.332 e. The summed E-state index contributed by atoms with van der Waals surface area (Å²) in [7, 11) is 0. The normalized spacial score (nSPS) is 16.0. The number of fused-ring (bicyclic) bond motifs is 1. The number of rotatable bonds is 3. The summed E-state index contributed by atoms with van der Waals surface area (Å²) in [6, 6.07) is 7.20. The van der Waals surface area contributed by atoms with E-state index in [-0.39, 0.29) is 18.0 Å². The van der Waals surface area contributed by atoms with Gasteiger partial charge < -0.3 is 14.8 Å². The highest BCUT2D eigenvalue weighted by atomic mass is 32.1. The molecule has 1 aliphatic heterocycles. The molecule has 23 heavy (non-hydrogen) atoms. The molecule has 6 nitrogen and oxygen atoms in total. The third kappa shape index (κ3) is 3.20. The van der Waals surface area contributed by atoms with Crippen LogP contribution in [0, 0.1) is 4.77 Å². The highest BCUT2D eigenvalue weighted by Gasteiger charge is 2.23. The summed E-state index contributed by atoms with van der Waals surface area (Å²) in [5.74, 6) is -0.0444. The van der Waals surface area contributed by atoms with Gasteiger partial charge in [-0.1, -0.05) is 12.1 Å². The number of piperazine rings is 1. The number of benzene rings is 1. The molecule has 2 N–H and O–H groups in total. The predicted molar refractivity (Wildman–Crippen MR) is 91.2 cm³/mol. The minimum Gasteiger partial charge on any atom is -0.332 e. The van der Waals surface area contributed by atoms with E-state index in [1.54, 1.807) is 12.1 Å². The van der Waals surface area contributed by atoms with E-state index < -0.39 is 0 Å². The van der Waals surface area contributed by atoms with Crippen LogP contribution in [0.15, 0.2) is 29.1 Å². The van der Waals surface area contributed by atoms with Crippen molar-refractivity contribution in [1.29, 1.82) is 0 Å². The Morgan fingerprint density at radius 3 is 2.70 bits per heavy atom. The molecule has 1 saturated heterocycles. The third-order valence-corrected chi connectivity index (χ3v) is 4.83. The molecule has 1 amide bonds. The van der Waals surface area contributed by atoms with Crippen molar-refractivity contribution in [1.82, 2.24) is 14.5 Å². The topological polar surface area (TPSA) is 62.5 Å². The molecule has 7 heteroatoms. The number of hydrogen-bond acceptors (Lipinski definition) is 3. The van der Waals surface area contributed by atoms with Gasteiger partial charge in [0.05, 0.1) is 43.6 Å². The zero-order valence-corrected chi connectivity index (χ0v) is 14.0. The Morgan fingerprint density at radius 1 is 1.30 bits per heavy atom. The molecule has 122 valence electrons. The van der Waals surface area contributed by atoms with Crippen molar-refractivity contribution in [2.75, 3.05) is 32.7 Å². The molecule has 0 unspecified atom stereocenters. The van der Waals surface area contributed by atoms with Crippen LogP contribution in [0.5, 0.6) is 0 Å². The van der Waals surface area contributed by atoms with Gasteiger partial charge in [0.25, 0.3) is 5.56 Å². The lowest BCUT2D eigenvalue weighted by Crippen LogP contribution is -3.14. The molecule has 1 aliphatic rings. The highest BCUT2D eigenvalue weighted by molar-refractivity contribution is 7.71. The number of hydrogen-bond donors (Lipinski definition) is 2. The van der Waals surface area contributed by atoms with Crippen LogP contribution in [0.25, 0.3) is 10.9 Å². The summed E-state index contributed by atoms with van der Waals surface area (Å²) in [6.45, 7) is 6.63. The Kier molecular flexibility index (Phi) is 4.58. The zero-order chi connectivity index (χ0) is 16.4. The van der Waals surface area contributed by atoms with Crippen LogP contribution in [0.2, 0.25) is 0 Å². The van der Waals surface area contributed by atoms with Crippen molar-refractivity contribution in [2.45, 2.75) is 13.5 Å². The fourth-order valence-corrected chi connectivity index (χ4v) is 3.26. The summed E-state index contributed by atoms with van der Waals surface area (Å²) in [4.78, 5) is 31.4. The van der Waals surface area contributed by atoms with E-state index in [0.29, 0.717) is 15.7 Å². The molecule has 1 aromatic heterocycles. The molecule has 1 fully saturated rings. The second-order valence-corrected chi connectivity index (χ2v) is 6.24. The van der Waals surface area contributed by atoms with Gasteiger partial charge in [-0.15, -0.1) is 0 Å². The number of H-pyrrole nitrogens is 1. The van der Waals surface area contributed by atoms with E-state index >= 15 is 0 Å². The molecule has 0 radical (unpaired) electrons. The van der Waals surface area contributed by atoms with Gasteiger partial charge in [-0.25, -0.2) is 0 Å². The monoisotopic (exact) mass is 333 g/mol. The Morgan fingerprint density at radius 2 is 2.00 bits per heavy atom. The maximum Gasteiger partial charge on any atom is 0.262 e. The molecule has 0 bridgehead atoms. The smallest absolute Gasteiger partial charge is 0.262 e. The quantitative estimate of drug-likeness (QED) is 0.765. The first kappa shape index (κ1) is 15.9. The van der Waals surface area contributed by atoms with E-state index in [1.165, 1.54) is 9.47 Å². The number of carbonyl (C=O) groups excluding carboxylic acids is 1. The van der Waals surface area contributed by atoms with Crippen molar-refractivity contribution < 1.29 is 9.69 Å². The average molecular weight is 333 g/mol. The number of likely N-dealkylation sites (N-methyl/N-ethyl adjacent to an activating group) is 1. The van der Waals surface area contributed by atoms with Crippen molar-refractivity contribution >= 4 is 29.0 Å². The van der Waals surface area contributed by atoms with Crippen molar-refractivity contribution in [2.24, 2.45) is 0 Å². The number of nitrogens with one attached hydrogen (secondary N) is 2. The third-order valence-electron chi connectivity index (χ3n) is 4.51. The van der Waals surface area contributed by atoms with Crippen LogP contribution >= 0.6 is 12.2 Å². The number of para-hydroxylation sites is 1. The van der Waals surface area contributed by atoms with Crippen LogP contribution in [-0.2, 0) is 11.3 Å². The zero-order valence-electron chi connectivity index (χ0n) is 13.2. The van der Waals surface area contributed by atoms with E-state index in [9.17, 15) is 9.59 Å². The van der Waals surface area contributed by atoms with Gasteiger partial charge >= 0.3 is 0 Å². The first-order valence-electron chi connectivity index (χ1n) is 7.93. The Bertz CT molecular complexity index is 834. The molecule has 3 rings (SSSR count). The minimum atomic E-state index is -0.212. The van der Waals surface area contributed by atoms with Gasteiger partial charge in [-0.3, -0.25) is 14.2 Å². The lowest BCUT2D eigenvalue weighted by atomic mass is 10.2. The van der Waals surface area contributed by atoms with Crippen LogP contribution in [0.3, 0.4) is 0 Å². The lowest BCUT2D eigenvalue weighted by Gasteiger charge is -2.31. The molecule has 0 atom stereocenters. The molecular formula is C16H21N4O2S+. The van der Waals surface area contributed by atoms with Crippen molar-refractivity contribution in [3.63, 3.8) is 0 Å². The SMILES string of the molecule is CC[NH+]1CCN(C(=O)Cn2c(=S)[nH]c3ccccc3c2=O)CC1. The van der Waals surface area contributed by atoms with E-state index in [0.717, 1.165) is 32.7 Å². The first-order chi connectivity index (χ1) is 11.1. The number of aromatic nitrogens is 2. The van der Waals surface area contributed by atoms with Crippen LogP contribution in [0.4, 0.5) is 0 Å². The summed E-state index contributed by atoms with van der Waals surface area (Å²) in [5.41, 5.74) is 0.488. The Balaban J connectivity index is 1.83. The molecule has 0 saturated carbocycles. The molecule has 1 aromatic carbocycles.